The van der Waals surface area contributed by atoms with Crippen molar-refractivity contribution in [3.8, 4) is 39.0 Å². The van der Waals surface area contributed by atoms with Crippen molar-refractivity contribution in [1.29, 1.82) is 0 Å². The largest absolute Gasteiger partial charge is 0.504 e. The molecule has 0 aliphatic rings. The third-order valence-corrected chi connectivity index (χ3v) is 6.75. The van der Waals surface area contributed by atoms with Gasteiger partial charge in [-0.3, -0.25) is 9.36 Å². The third-order valence-electron chi connectivity index (χ3n) is 5.81. The summed E-state index contributed by atoms with van der Waals surface area (Å²) in [4.78, 5) is 18.8. The van der Waals surface area contributed by atoms with E-state index in [9.17, 15) is 27.5 Å². The van der Waals surface area contributed by atoms with Gasteiger partial charge in [-0.1, -0.05) is 36.4 Å². The number of hydrogen-bond donors (Lipinski definition) is 1. The molecule has 1 N–H and O–H groups in total. The number of benzene rings is 2. The Labute approximate surface area is 216 Å². The SMILES string of the molecule is Cc1nc(-c2cccc(F)c2O)n(CCc2ccccc2)c(=O)c1-c1cc(-c2nnc(C(F)(F)F)o2)cs1. The molecule has 0 radical (unpaired) electrons. The Morgan fingerprint density at radius 2 is 1.84 bits per heavy atom. The summed E-state index contributed by atoms with van der Waals surface area (Å²) in [5.41, 5.74) is 1.27. The summed E-state index contributed by atoms with van der Waals surface area (Å²) < 4.78 is 58.9. The minimum absolute atomic E-state index is 0.0576. The number of aryl methyl sites for hydroxylation is 2. The van der Waals surface area contributed by atoms with Gasteiger partial charge in [-0.2, -0.15) is 13.2 Å². The van der Waals surface area contributed by atoms with E-state index in [1.54, 1.807) is 6.92 Å². The van der Waals surface area contributed by atoms with Crippen LogP contribution in [0.2, 0.25) is 0 Å². The lowest BCUT2D eigenvalue weighted by Gasteiger charge is -2.16. The molecule has 0 spiro atoms. The van der Waals surface area contributed by atoms with E-state index in [1.165, 1.54) is 28.1 Å². The number of aromatic nitrogens is 4. The Morgan fingerprint density at radius 1 is 1.08 bits per heavy atom. The van der Waals surface area contributed by atoms with Crippen molar-refractivity contribution in [2.75, 3.05) is 0 Å². The molecule has 7 nitrogen and oxygen atoms in total. The van der Waals surface area contributed by atoms with E-state index in [0.717, 1.165) is 23.0 Å². The fourth-order valence-corrected chi connectivity index (χ4v) is 4.94. The van der Waals surface area contributed by atoms with E-state index >= 15 is 0 Å². The summed E-state index contributed by atoms with van der Waals surface area (Å²) in [6.45, 7) is 1.76. The van der Waals surface area contributed by atoms with Crippen molar-refractivity contribution < 1.29 is 27.1 Å². The fourth-order valence-electron chi connectivity index (χ4n) is 3.97. The first-order valence-electron chi connectivity index (χ1n) is 11.3. The number of halogens is 4. The molecule has 5 aromatic rings. The first-order chi connectivity index (χ1) is 18.1. The Bertz CT molecular complexity index is 1680. The van der Waals surface area contributed by atoms with E-state index in [0.29, 0.717) is 17.0 Å². The molecule has 3 aromatic heterocycles. The number of rotatable bonds is 6. The minimum atomic E-state index is -4.78. The molecule has 12 heteroatoms. The highest BCUT2D eigenvalue weighted by atomic mass is 32.1. The molecule has 5 rings (SSSR count). The van der Waals surface area contributed by atoms with Crippen molar-refractivity contribution in [3.63, 3.8) is 0 Å². The fraction of sp³-hybridized carbons (Fsp3) is 0.154. The number of phenols is 1. The Morgan fingerprint density at radius 3 is 2.55 bits per heavy atom. The first-order valence-corrected chi connectivity index (χ1v) is 12.1. The van der Waals surface area contributed by atoms with E-state index < -0.39 is 29.2 Å². The second-order valence-corrected chi connectivity index (χ2v) is 9.25. The second-order valence-electron chi connectivity index (χ2n) is 8.33. The van der Waals surface area contributed by atoms with Gasteiger partial charge in [-0.05, 0) is 37.1 Å². The molecule has 3 heterocycles. The van der Waals surface area contributed by atoms with Gasteiger partial charge < -0.3 is 9.52 Å². The highest BCUT2D eigenvalue weighted by Crippen LogP contribution is 2.36. The van der Waals surface area contributed by atoms with Gasteiger partial charge in [-0.25, -0.2) is 9.37 Å². The second kappa shape index (κ2) is 9.86. The number of hydrogen-bond acceptors (Lipinski definition) is 7. The lowest BCUT2D eigenvalue weighted by molar-refractivity contribution is -0.156. The topological polar surface area (TPSA) is 94.0 Å². The van der Waals surface area contributed by atoms with Crippen LogP contribution in [-0.4, -0.2) is 24.9 Å². The molecular weight excluding hydrogens is 524 g/mol. The van der Waals surface area contributed by atoms with Gasteiger partial charge in [-0.15, -0.1) is 21.5 Å². The van der Waals surface area contributed by atoms with Crippen LogP contribution in [0.15, 0.2) is 69.2 Å². The van der Waals surface area contributed by atoms with Crippen molar-refractivity contribution in [1.82, 2.24) is 19.7 Å². The average Bonchev–Trinajstić information content (AvgIpc) is 3.56. The molecule has 0 atom stereocenters. The zero-order valence-electron chi connectivity index (χ0n) is 19.7. The summed E-state index contributed by atoms with van der Waals surface area (Å²) >= 11 is 1.10. The quantitative estimate of drug-likeness (QED) is 0.261. The predicted octanol–water partition coefficient (Wildman–Crippen LogP) is 6.10. The van der Waals surface area contributed by atoms with Crippen LogP contribution in [0.25, 0.3) is 33.3 Å². The Balaban J connectivity index is 1.61. The number of phenolic OH excluding ortho intramolecular Hbond substituents is 1. The van der Waals surface area contributed by atoms with E-state index in [-0.39, 0.29) is 35.0 Å². The van der Waals surface area contributed by atoms with Crippen LogP contribution in [0.3, 0.4) is 0 Å². The number of para-hydroxylation sites is 1. The zero-order chi connectivity index (χ0) is 27.0. The number of alkyl halides is 3. The van der Waals surface area contributed by atoms with E-state index in [2.05, 4.69) is 15.2 Å². The van der Waals surface area contributed by atoms with Crippen molar-refractivity contribution in [3.05, 3.63) is 93.3 Å². The molecule has 0 amide bonds. The van der Waals surface area contributed by atoms with Crippen LogP contribution in [0.4, 0.5) is 17.6 Å². The van der Waals surface area contributed by atoms with E-state index in [1.807, 2.05) is 30.3 Å². The molecule has 38 heavy (non-hydrogen) atoms. The summed E-state index contributed by atoms with van der Waals surface area (Å²) in [6.07, 6.45) is -4.33. The monoisotopic (exact) mass is 542 g/mol. The van der Waals surface area contributed by atoms with Crippen LogP contribution in [0, 0.1) is 12.7 Å². The summed E-state index contributed by atoms with van der Waals surface area (Å²) in [5, 5.41) is 18.4. The summed E-state index contributed by atoms with van der Waals surface area (Å²) in [7, 11) is 0. The molecular formula is C26H18F4N4O3S. The summed E-state index contributed by atoms with van der Waals surface area (Å²) in [6, 6.07) is 14.9. The molecule has 0 aliphatic carbocycles. The van der Waals surface area contributed by atoms with Crippen LogP contribution in [0.5, 0.6) is 5.75 Å². The molecule has 0 saturated carbocycles. The van der Waals surface area contributed by atoms with Crippen LogP contribution >= 0.6 is 11.3 Å². The van der Waals surface area contributed by atoms with Gasteiger partial charge in [0.1, 0.15) is 5.82 Å². The molecule has 0 fully saturated rings. The van der Waals surface area contributed by atoms with E-state index in [4.69, 9.17) is 4.42 Å². The minimum Gasteiger partial charge on any atom is -0.504 e. The van der Waals surface area contributed by atoms with Gasteiger partial charge in [0, 0.05) is 16.8 Å². The lowest BCUT2D eigenvalue weighted by Crippen LogP contribution is -2.27. The predicted molar refractivity (Wildman–Crippen MR) is 132 cm³/mol. The summed E-state index contributed by atoms with van der Waals surface area (Å²) in [5.74, 6) is -3.20. The molecule has 0 bridgehead atoms. The maximum atomic E-state index is 14.2. The smallest absolute Gasteiger partial charge is 0.470 e. The normalized spacial score (nSPS) is 11.7. The number of aromatic hydroxyl groups is 1. The maximum absolute atomic E-state index is 14.2. The van der Waals surface area contributed by atoms with Crippen LogP contribution in [-0.2, 0) is 19.1 Å². The standard InChI is InChI=1S/C26H18F4N4O3S/c1-14-20(19-12-16(13-38-19)23-32-33-25(37-23)26(28,29)30)24(36)34(11-10-15-6-3-2-4-7-15)22(31-14)17-8-5-9-18(27)21(17)35/h2-9,12-13,35H,10-11H2,1H3. The molecule has 0 unspecified atom stereocenters. The van der Waals surface area contributed by atoms with Crippen molar-refractivity contribution in [2.45, 2.75) is 26.1 Å². The van der Waals surface area contributed by atoms with Gasteiger partial charge >= 0.3 is 12.1 Å². The highest BCUT2D eigenvalue weighted by molar-refractivity contribution is 7.14. The highest BCUT2D eigenvalue weighted by Gasteiger charge is 2.38. The first kappa shape index (κ1) is 25.3. The van der Waals surface area contributed by atoms with Crippen molar-refractivity contribution in [2.24, 2.45) is 0 Å². The van der Waals surface area contributed by atoms with Gasteiger partial charge in [0.05, 0.1) is 22.4 Å². The zero-order valence-corrected chi connectivity index (χ0v) is 20.5. The third kappa shape index (κ3) is 4.82. The molecule has 0 saturated heterocycles. The molecule has 0 aliphatic heterocycles. The van der Waals surface area contributed by atoms with Crippen molar-refractivity contribution >= 4 is 11.3 Å². The number of nitrogens with zero attached hydrogens (tertiary/aromatic N) is 4. The van der Waals surface area contributed by atoms with Crippen LogP contribution in [0.1, 0.15) is 17.1 Å². The maximum Gasteiger partial charge on any atom is 0.470 e. The van der Waals surface area contributed by atoms with Crippen LogP contribution < -0.4 is 5.56 Å². The Hall–Kier alpha value is -4.32. The number of thiophene rings is 1. The van der Waals surface area contributed by atoms with Gasteiger partial charge in [0.25, 0.3) is 5.56 Å². The molecule has 194 valence electrons. The lowest BCUT2D eigenvalue weighted by atomic mass is 10.1. The average molecular weight is 543 g/mol. The van der Waals surface area contributed by atoms with Gasteiger partial charge in [0.2, 0.25) is 5.89 Å². The Kier molecular flexibility index (Phi) is 6.57. The van der Waals surface area contributed by atoms with Gasteiger partial charge in [0.15, 0.2) is 11.6 Å². The molecule has 2 aromatic carbocycles.